The Labute approximate surface area is 130 Å². The number of hydrogen-bond donors (Lipinski definition) is 1. The summed E-state index contributed by atoms with van der Waals surface area (Å²) in [5.41, 5.74) is 7.29. The van der Waals surface area contributed by atoms with Crippen molar-refractivity contribution in [2.24, 2.45) is 5.73 Å². The molecule has 0 spiro atoms. The lowest BCUT2D eigenvalue weighted by Gasteiger charge is -2.18. The fourth-order valence-corrected chi connectivity index (χ4v) is 2.00. The Kier molecular flexibility index (Phi) is 4.78. The number of aromatic nitrogens is 1. The average Bonchev–Trinajstić information content (AvgIpc) is 2.48. The molecule has 0 bridgehead atoms. The lowest BCUT2D eigenvalue weighted by molar-refractivity contribution is 0.0600. The molecule has 116 valence electrons. The van der Waals surface area contributed by atoms with Crippen LogP contribution in [0.15, 0.2) is 42.6 Å². The van der Waals surface area contributed by atoms with Crippen LogP contribution in [0.1, 0.15) is 29.8 Å². The minimum absolute atomic E-state index is 0.242. The first-order valence-electron chi connectivity index (χ1n) is 6.97. The molecule has 22 heavy (non-hydrogen) atoms. The number of nitrogens with zero attached hydrogens (tertiary/aromatic N) is 1. The van der Waals surface area contributed by atoms with Crippen LogP contribution >= 0.6 is 0 Å². The van der Waals surface area contributed by atoms with Gasteiger partial charge in [0, 0.05) is 17.8 Å². The van der Waals surface area contributed by atoms with Gasteiger partial charge in [-0.2, -0.15) is 0 Å². The van der Waals surface area contributed by atoms with Crippen LogP contribution in [0.5, 0.6) is 11.6 Å². The van der Waals surface area contributed by atoms with Gasteiger partial charge in [0.15, 0.2) is 0 Å². The second-order valence-corrected chi connectivity index (χ2v) is 5.79. The number of hydrogen-bond acceptors (Lipinski definition) is 5. The smallest absolute Gasteiger partial charge is 0.339 e. The molecular weight excluding hydrogens is 280 g/mol. The molecule has 0 atom stereocenters. The standard InChI is InChI=1S/C17H20N2O3/c1-17(2,18)10-12-4-7-14(8-5-12)22-15-9-6-13(11-19-15)16(20)21-3/h4-9,11H,10,18H2,1-3H3. The minimum atomic E-state index is -0.423. The monoisotopic (exact) mass is 300 g/mol. The first-order chi connectivity index (χ1) is 10.4. The van der Waals surface area contributed by atoms with Crippen molar-refractivity contribution in [1.29, 1.82) is 0 Å². The van der Waals surface area contributed by atoms with Crippen LogP contribution in [0.4, 0.5) is 0 Å². The third-order valence-corrected chi connectivity index (χ3v) is 2.96. The maximum atomic E-state index is 11.3. The molecule has 0 saturated heterocycles. The van der Waals surface area contributed by atoms with E-state index < -0.39 is 5.97 Å². The number of carbonyl (C=O) groups excluding carboxylic acids is 1. The molecule has 2 rings (SSSR count). The fraction of sp³-hybridized carbons (Fsp3) is 0.294. The lowest BCUT2D eigenvalue weighted by atomic mass is 9.96. The first kappa shape index (κ1) is 16.0. The summed E-state index contributed by atoms with van der Waals surface area (Å²) in [6, 6.07) is 10.9. The van der Waals surface area contributed by atoms with E-state index in [-0.39, 0.29) is 5.54 Å². The van der Waals surface area contributed by atoms with Crippen molar-refractivity contribution in [2.75, 3.05) is 7.11 Å². The summed E-state index contributed by atoms with van der Waals surface area (Å²) >= 11 is 0. The molecule has 1 heterocycles. The summed E-state index contributed by atoms with van der Waals surface area (Å²) in [5, 5.41) is 0. The Morgan fingerprint density at radius 2 is 1.86 bits per heavy atom. The van der Waals surface area contributed by atoms with Gasteiger partial charge in [0.05, 0.1) is 12.7 Å². The fourth-order valence-electron chi connectivity index (χ4n) is 2.00. The summed E-state index contributed by atoms with van der Waals surface area (Å²) in [6.45, 7) is 3.98. The van der Waals surface area contributed by atoms with E-state index in [1.807, 2.05) is 38.1 Å². The van der Waals surface area contributed by atoms with Crippen molar-refractivity contribution < 1.29 is 14.3 Å². The van der Waals surface area contributed by atoms with Crippen LogP contribution < -0.4 is 10.5 Å². The van der Waals surface area contributed by atoms with Gasteiger partial charge >= 0.3 is 5.97 Å². The Balaban J connectivity index is 2.03. The van der Waals surface area contributed by atoms with E-state index in [0.717, 1.165) is 12.0 Å². The SMILES string of the molecule is COC(=O)c1ccc(Oc2ccc(CC(C)(C)N)cc2)nc1. The molecule has 1 aromatic heterocycles. The molecule has 5 nitrogen and oxygen atoms in total. The van der Waals surface area contributed by atoms with E-state index in [9.17, 15) is 4.79 Å². The molecule has 0 unspecified atom stereocenters. The van der Waals surface area contributed by atoms with E-state index >= 15 is 0 Å². The van der Waals surface area contributed by atoms with E-state index in [2.05, 4.69) is 9.72 Å². The number of esters is 1. The molecule has 0 aliphatic carbocycles. The number of methoxy groups -OCH3 is 1. The third-order valence-electron chi connectivity index (χ3n) is 2.96. The molecule has 0 saturated carbocycles. The summed E-state index contributed by atoms with van der Waals surface area (Å²) in [5.74, 6) is 0.671. The molecule has 2 aromatic rings. The molecule has 5 heteroatoms. The Bertz CT molecular complexity index is 628. The molecule has 0 fully saturated rings. The number of benzene rings is 1. The second kappa shape index (κ2) is 6.58. The van der Waals surface area contributed by atoms with Crippen molar-refractivity contribution in [1.82, 2.24) is 4.98 Å². The van der Waals surface area contributed by atoms with Gasteiger partial charge in [-0.15, -0.1) is 0 Å². The maximum Gasteiger partial charge on any atom is 0.339 e. The maximum absolute atomic E-state index is 11.3. The topological polar surface area (TPSA) is 74.4 Å². The number of rotatable bonds is 5. The predicted molar refractivity (Wildman–Crippen MR) is 84.1 cm³/mol. The zero-order valence-corrected chi connectivity index (χ0v) is 13.0. The third kappa shape index (κ3) is 4.56. The lowest BCUT2D eigenvalue weighted by Crippen LogP contribution is -2.34. The molecule has 0 amide bonds. The molecule has 0 radical (unpaired) electrons. The molecular formula is C17H20N2O3. The number of ether oxygens (including phenoxy) is 2. The summed E-state index contributed by atoms with van der Waals surface area (Å²) in [4.78, 5) is 15.4. The van der Waals surface area contributed by atoms with E-state index in [0.29, 0.717) is 17.2 Å². The van der Waals surface area contributed by atoms with Crippen LogP contribution in [0.25, 0.3) is 0 Å². The molecule has 0 aliphatic heterocycles. The van der Waals surface area contributed by atoms with Gasteiger partial charge in [0.25, 0.3) is 0 Å². The molecule has 0 aliphatic rings. The number of carbonyl (C=O) groups is 1. The van der Waals surface area contributed by atoms with Gasteiger partial charge in [-0.05, 0) is 44.0 Å². The normalized spacial score (nSPS) is 11.1. The molecule has 1 aromatic carbocycles. The van der Waals surface area contributed by atoms with Gasteiger partial charge in [-0.3, -0.25) is 0 Å². The van der Waals surface area contributed by atoms with E-state index in [1.54, 1.807) is 12.1 Å². The van der Waals surface area contributed by atoms with Gasteiger partial charge in [-0.25, -0.2) is 9.78 Å². The molecule has 2 N–H and O–H groups in total. The Morgan fingerprint density at radius 1 is 1.18 bits per heavy atom. The van der Waals surface area contributed by atoms with Crippen molar-refractivity contribution in [2.45, 2.75) is 25.8 Å². The predicted octanol–water partition coefficient (Wildman–Crippen LogP) is 2.94. The van der Waals surface area contributed by atoms with Gasteiger partial charge in [0.1, 0.15) is 5.75 Å². The Hall–Kier alpha value is -2.40. The largest absolute Gasteiger partial charge is 0.465 e. The second-order valence-electron chi connectivity index (χ2n) is 5.79. The van der Waals surface area contributed by atoms with E-state index in [4.69, 9.17) is 10.5 Å². The number of nitrogens with two attached hydrogens (primary N) is 1. The highest BCUT2D eigenvalue weighted by Crippen LogP contribution is 2.21. The zero-order chi connectivity index (χ0) is 16.2. The van der Waals surface area contributed by atoms with Crippen molar-refractivity contribution in [3.05, 3.63) is 53.7 Å². The van der Waals surface area contributed by atoms with Crippen LogP contribution in [0.3, 0.4) is 0 Å². The Morgan fingerprint density at radius 3 is 2.36 bits per heavy atom. The van der Waals surface area contributed by atoms with E-state index in [1.165, 1.54) is 13.3 Å². The summed E-state index contributed by atoms with van der Waals surface area (Å²) in [7, 11) is 1.33. The van der Waals surface area contributed by atoms with Crippen molar-refractivity contribution >= 4 is 5.97 Å². The van der Waals surface area contributed by atoms with Gasteiger partial charge < -0.3 is 15.2 Å². The minimum Gasteiger partial charge on any atom is -0.465 e. The average molecular weight is 300 g/mol. The van der Waals surface area contributed by atoms with Crippen LogP contribution in [-0.2, 0) is 11.2 Å². The van der Waals surface area contributed by atoms with Crippen LogP contribution in [0.2, 0.25) is 0 Å². The summed E-state index contributed by atoms with van der Waals surface area (Å²) < 4.78 is 10.3. The number of pyridine rings is 1. The highest BCUT2D eigenvalue weighted by atomic mass is 16.5. The highest BCUT2D eigenvalue weighted by molar-refractivity contribution is 5.88. The quantitative estimate of drug-likeness (QED) is 0.859. The van der Waals surface area contributed by atoms with Crippen LogP contribution in [0, 0.1) is 0 Å². The van der Waals surface area contributed by atoms with Crippen LogP contribution in [-0.4, -0.2) is 23.6 Å². The highest BCUT2D eigenvalue weighted by Gasteiger charge is 2.11. The summed E-state index contributed by atoms with van der Waals surface area (Å²) in [6.07, 6.45) is 2.21. The zero-order valence-electron chi connectivity index (χ0n) is 13.0. The van der Waals surface area contributed by atoms with Crippen molar-refractivity contribution in [3.8, 4) is 11.6 Å². The first-order valence-corrected chi connectivity index (χ1v) is 6.97. The van der Waals surface area contributed by atoms with Gasteiger partial charge in [-0.1, -0.05) is 12.1 Å². The van der Waals surface area contributed by atoms with Gasteiger partial charge in [0.2, 0.25) is 5.88 Å². The van der Waals surface area contributed by atoms with Crippen molar-refractivity contribution in [3.63, 3.8) is 0 Å².